The van der Waals surface area contributed by atoms with Crippen molar-refractivity contribution in [2.75, 3.05) is 10.6 Å². The lowest BCUT2D eigenvalue weighted by Gasteiger charge is -2.18. The van der Waals surface area contributed by atoms with Gasteiger partial charge in [0.25, 0.3) is 11.8 Å². The molecule has 1 aliphatic rings. The summed E-state index contributed by atoms with van der Waals surface area (Å²) in [7, 11) is 0. The van der Waals surface area contributed by atoms with Crippen molar-refractivity contribution in [3.05, 3.63) is 53.6 Å². The van der Waals surface area contributed by atoms with Gasteiger partial charge >= 0.3 is 0 Å². The van der Waals surface area contributed by atoms with Gasteiger partial charge in [0.2, 0.25) is 6.41 Å². The van der Waals surface area contributed by atoms with Crippen LogP contribution in [0.1, 0.15) is 72.1 Å². The molecule has 7 nitrogen and oxygen atoms in total. The van der Waals surface area contributed by atoms with E-state index in [2.05, 4.69) is 16.0 Å². The summed E-state index contributed by atoms with van der Waals surface area (Å²) in [5.74, 6) is -0.930. The zero-order valence-electron chi connectivity index (χ0n) is 17.5. The number of anilines is 2. The zero-order chi connectivity index (χ0) is 22.1. The predicted molar refractivity (Wildman–Crippen MR) is 120 cm³/mol. The van der Waals surface area contributed by atoms with Crippen molar-refractivity contribution >= 4 is 29.6 Å². The molecule has 0 atom stereocenters. The third kappa shape index (κ3) is 6.31. The smallest absolute Gasteiger partial charge is 0.259 e. The Balaban J connectivity index is 1.60. The number of hydrogen-bond donors (Lipinski definition) is 4. The van der Waals surface area contributed by atoms with Crippen LogP contribution in [-0.2, 0) is 4.79 Å². The summed E-state index contributed by atoms with van der Waals surface area (Å²) in [5, 5.41) is 18.3. The molecule has 1 fully saturated rings. The highest BCUT2D eigenvalue weighted by Crippen LogP contribution is 2.27. The molecule has 1 saturated carbocycles. The first kappa shape index (κ1) is 22.3. The minimum absolute atomic E-state index is 0.0360. The van der Waals surface area contributed by atoms with E-state index >= 15 is 0 Å². The standard InChI is InChI=1S/C24H29N3O4/c28-16-25-21-11-7-10-20(22(21)29)24(31)27-19-14-12-17(13-15-19)23(30)26-18-8-5-3-1-2-4-6-9-18/h7,10-16,18,29H,1-6,8-9H2,(H,25,28)(H,26,30)(H,27,31). The van der Waals surface area contributed by atoms with E-state index in [1.54, 1.807) is 30.3 Å². The van der Waals surface area contributed by atoms with E-state index in [0.717, 1.165) is 25.7 Å². The Bertz CT molecular complexity index is 902. The van der Waals surface area contributed by atoms with Crippen LogP contribution < -0.4 is 16.0 Å². The number of carbonyl (C=O) groups excluding carboxylic acids is 3. The highest BCUT2D eigenvalue weighted by molar-refractivity contribution is 6.07. The number of para-hydroxylation sites is 1. The fraction of sp³-hybridized carbons (Fsp3) is 0.375. The molecule has 0 unspecified atom stereocenters. The Morgan fingerprint density at radius 2 is 1.52 bits per heavy atom. The van der Waals surface area contributed by atoms with Gasteiger partial charge in [0.05, 0.1) is 11.3 Å². The van der Waals surface area contributed by atoms with E-state index in [1.165, 1.54) is 37.8 Å². The summed E-state index contributed by atoms with van der Waals surface area (Å²) < 4.78 is 0. The van der Waals surface area contributed by atoms with Crippen LogP contribution in [0.3, 0.4) is 0 Å². The predicted octanol–water partition coefficient (Wildman–Crippen LogP) is 4.45. The lowest BCUT2D eigenvalue weighted by atomic mass is 10.0. The van der Waals surface area contributed by atoms with Crippen LogP contribution in [0.5, 0.6) is 5.75 Å². The highest BCUT2D eigenvalue weighted by Gasteiger charge is 2.16. The van der Waals surface area contributed by atoms with Gasteiger partial charge in [-0.15, -0.1) is 0 Å². The Labute approximate surface area is 182 Å². The fourth-order valence-electron chi connectivity index (χ4n) is 3.86. The Kier molecular flexibility index (Phi) is 8.04. The summed E-state index contributed by atoms with van der Waals surface area (Å²) in [4.78, 5) is 35.7. The molecular formula is C24H29N3O4. The van der Waals surface area contributed by atoms with Crippen LogP contribution in [0, 0.1) is 0 Å². The molecule has 0 saturated heterocycles. The molecule has 0 aliphatic heterocycles. The molecule has 7 heteroatoms. The molecule has 164 valence electrons. The number of amides is 3. The van der Waals surface area contributed by atoms with Crippen molar-refractivity contribution in [1.29, 1.82) is 0 Å². The van der Waals surface area contributed by atoms with Crippen LogP contribution >= 0.6 is 0 Å². The average Bonchev–Trinajstić information content (AvgIpc) is 2.90. The molecule has 3 rings (SSSR count). The van der Waals surface area contributed by atoms with Crippen molar-refractivity contribution in [2.24, 2.45) is 0 Å². The topological polar surface area (TPSA) is 108 Å². The summed E-state index contributed by atoms with van der Waals surface area (Å²) in [6, 6.07) is 11.4. The van der Waals surface area contributed by atoms with Crippen molar-refractivity contribution in [3.63, 3.8) is 0 Å². The van der Waals surface area contributed by atoms with Crippen molar-refractivity contribution in [1.82, 2.24) is 5.32 Å². The monoisotopic (exact) mass is 423 g/mol. The van der Waals surface area contributed by atoms with Crippen molar-refractivity contribution in [3.8, 4) is 5.75 Å². The minimum Gasteiger partial charge on any atom is -0.505 e. The van der Waals surface area contributed by atoms with E-state index in [-0.39, 0.29) is 28.9 Å². The van der Waals surface area contributed by atoms with Crippen LogP contribution in [0.15, 0.2) is 42.5 Å². The molecule has 4 N–H and O–H groups in total. The number of hydrogen-bond acceptors (Lipinski definition) is 4. The van der Waals surface area contributed by atoms with E-state index in [1.807, 2.05) is 0 Å². The van der Waals surface area contributed by atoms with Gasteiger partial charge in [-0.3, -0.25) is 14.4 Å². The maximum atomic E-state index is 12.6. The molecule has 2 aromatic carbocycles. The number of phenolic OH excluding ortho intramolecular Hbond substituents is 1. The molecule has 1 aliphatic carbocycles. The Morgan fingerprint density at radius 3 is 2.16 bits per heavy atom. The summed E-state index contributed by atoms with van der Waals surface area (Å²) in [6.07, 6.45) is 9.77. The number of aromatic hydroxyl groups is 1. The number of nitrogens with one attached hydrogen (secondary N) is 3. The van der Waals surface area contributed by atoms with Gasteiger partial charge in [-0.05, 0) is 49.2 Å². The normalized spacial score (nSPS) is 15.1. The van der Waals surface area contributed by atoms with Gasteiger partial charge in [0.1, 0.15) is 0 Å². The van der Waals surface area contributed by atoms with Crippen LogP contribution in [0.4, 0.5) is 11.4 Å². The van der Waals surface area contributed by atoms with E-state index in [9.17, 15) is 19.5 Å². The first-order valence-corrected chi connectivity index (χ1v) is 10.8. The second-order valence-electron chi connectivity index (χ2n) is 7.86. The molecule has 0 bridgehead atoms. The van der Waals surface area contributed by atoms with Gasteiger partial charge in [-0.1, -0.05) is 44.6 Å². The number of phenols is 1. The number of carbonyl (C=O) groups is 3. The van der Waals surface area contributed by atoms with E-state index < -0.39 is 5.91 Å². The SMILES string of the molecule is O=CNc1cccc(C(=O)Nc2ccc(C(=O)NC3CCCCCCCC3)cc2)c1O. The lowest BCUT2D eigenvalue weighted by molar-refractivity contribution is -0.105. The first-order chi connectivity index (χ1) is 15.1. The number of benzene rings is 2. The minimum atomic E-state index is -0.519. The maximum absolute atomic E-state index is 12.6. The van der Waals surface area contributed by atoms with Gasteiger partial charge in [0.15, 0.2) is 5.75 Å². The largest absolute Gasteiger partial charge is 0.505 e. The van der Waals surface area contributed by atoms with Gasteiger partial charge in [0, 0.05) is 17.3 Å². The third-order valence-corrected chi connectivity index (χ3v) is 5.59. The van der Waals surface area contributed by atoms with Crippen LogP contribution in [-0.4, -0.2) is 29.4 Å². The molecule has 3 amide bonds. The average molecular weight is 424 g/mol. The Morgan fingerprint density at radius 1 is 0.871 bits per heavy atom. The molecule has 0 heterocycles. The van der Waals surface area contributed by atoms with E-state index in [4.69, 9.17) is 0 Å². The molecule has 31 heavy (non-hydrogen) atoms. The van der Waals surface area contributed by atoms with Gasteiger partial charge in [-0.25, -0.2) is 0 Å². The fourth-order valence-corrected chi connectivity index (χ4v) is 3.86. The maximum Gasteiger partial charge on any atom is 0.259 e. The van der Waals surface area contributed by atoms with Crippen molar-refractivity contribution in [2.45, 2.75) is 57.4 Å². The summed E-state index contributed by atoms with van der Waals surface area (Å²) >= 11 is 0. The lowest BCUT2D eigenvalue weighted by Crippen LogP contribution is -2.34. The van der Waals surface area contributed by atoms with Crippen molar-refractivity contribution < 1.29 is 19.5 Å². The third-order valence-electron chi connectivity index (χ3n) is 5.59. The number of rotatable bonds is 6. The quantitative estimate of drug-likeness (QED) is 0.407. The van der Waals surface area contributed by atoms with Gasteiger partial charge in [-0.2, -0.15) is 0 Å². The van der Waals surface area contributed by atoms with Crippen LogP contribution in [0.25, 0.3) is 0 Å². The highest BCUT2D eigenvalue weighted by atomic mass is 16.3. The Hall–Kier alpha value is -3.35. The van der Waals surface area contributed by atoms with E-state index in [0.29, 0.717) is 17.7 Å². The molecule has 0 aromatic heterocycles. The molecule has 2 aromatic rings. The van der Waals surface area contributed by atoms with Gasteiger partial charge < -0.3 is 21.1 Å². The zero-order valence-corrected chi connectivity index (χ0v) is 17.5. The second-order valence-corrected chi connectivity index (χ2v) is 7.86. The summed E-state index contributed by atoms with van der Waals surface area (Å²) in [6.45, 7) is 0. The first-order valence-electron chi connectivity index (χ1n) is 10.8. The second kappa shape index (κ2) is 11.2. The van der Waals surface area contributed by atoms with Crippen LogP contribution in [0.2, 0.25) is 0 Å². The molecular weight excluding hydrogens is 394 g/mol. The molecule has 0 radical (unpaired) electrons. The summed E-state index contributed by atoms with van der Waals surface area (Å²) in [5.41, 5.74) is 1.23. The molecule has 0 spiro atoms.